The number of anilines is 1. The van der Waals surface area contributed by atoms with E-state index in [0.29, 0.717) is 54.5 Å². The fourth-order valence-corrected chi connectivity index (χ4v) is 4.74. The van der Waals surface area contributed by atoms with Gasteiger partial charge >= 0.3 is 6.18 Å². The second-order valence-corrected chi connectivity index (χ2v) is 8.94. The standard InChI is InChI=1S/C25H27F3N6O3/c1-36-20-4-3-15(12-21(20)37-2)17-13-22(25(26,27)28)34-23(31-17)14-18(32-34)16-5-6-30-19(11-16)24(35)33-9-7-29-8-10-33/h3-6,11-12,14,17,22,29,31H,7-10,13H2,1-2H3. The molecule has 2 unspecified atom stereocenters. The number of carbonyl (C=O) groups is 1. The average molecular weight is 517 g/mol. The lowest BCUT2D eigenvalue weighted by Crippen LogP contribution is -2.46. The minimum atomic E-state index is -4.52. The second kappa shape index (κ2) is 9.92. The Morgan fingerprint density at radius 2 is 1.81 bits per heavy atom. The lowest BCUT2D eigenvalue weighted by Gasteiger charge is -2.33. The van der Waals surface area contributed by atoms with Gasteiger partial charge in [-0.15, -0.1) is 0 Å². The number of carbonyl (C=O) groups excluding carboxylic acids is 1. The van der Waals surface area contributed by atoms with Crippen LogP contribution in [0.3, 0.4) is 0 Å². The van der Waals surface area contributed by atoms with Crippen LogP contribution >= 0.6 is 0 Å². The molecule has 37 heavy (non-hydrogen) atoms. The largest absolute Gasteiger partial charge is 0.493 e. The quantitative estimate of drug-likeness (QED) is 0.535. The predicted molar refractivity (Wildman–Crippen MR) is 130 cm³/mol. The van der Waals surface area contributed by atoms with Gasteiger partial charge in [0.15, 0.2) is 17.5 Å². The molecule has 0 aliphatic carbocycles. The Morgan fingerprint density at radius 3 is 2.51 bits per heavy atom. The first-order chi connectivity index (χ1) is 17.8. The van der Waals surface area contributed by atoms with E-state index in [1.165, 1.54) is 20.4 Å². The van der Waals surface area contributed by atoms with Gasteiger partial charge in [0.25, 0.3) is 5.91 Å². The van der Waals surface area contributed by atoms with E-state index in [0.717, 1.165) is 4.68 Å². The van der Waals surface area contributed by atoms with Gasteiger partial charge in [-0.1, -0.05) is 6.07 Å². The van der Waals surface area contributed by atoms with Gasteiger partial charge < -0.3 is 25.0 Å². The average Bonchev–Trinajstić information content (AvgIpc) is 3.36. The summed E-state index contributed by atoms with van der Waals surface area (Å²) >= 11 is 0. The van der Waals surface area contributed by atoms with Gasteiger partial charge in [0.05, 0.1) is 26.0 Å². The molecule has 1 fully saturated rings. The lowest BCUT2D eigenvalue weighted by atomic mass is 9.96. The first kappa shape index (κ1) is 24.9. The van der Waals surface area contributed by atoms with Crippen molar-refractivity contribution < 1.29 is 27.4 Å². The molecular formula is C25H27F3N6O3. The first-order valence-corrected chi connectivity index (χ1v) is 11.9. The van der Waals surface area contributed by atoms with Crippen LogP contribution in [0.15, 0.2) is 42.6 Å². The van der Waals surface area contributed by atoms with Crippen molar-refractivity contribution in [1.29, 1.82) is 0 Å². The van der Waals surface area contributed by atoms with Crippen molar-refractivity contribution in [2.75, 3.05) is 45.7 Å². The van der Waals surface area contributed by atoms with Crippen molar-refractivity contribution in [1.82, 2.24) is 25.0 Å². The van der Waals surface area contributed by atoms with Gasteiger partial charge in [-0.25, -0.2) is 4.68 Å². The Labute approximate surface area is 211 Å². The molecule has 12 heteroatoms. The number of hydrogen-bond acceptors (Lipinski definition) is 7. The zero-order chi connectivity index (χ0) is 26.2. The maximum Gasteiger partial charge on any atom is 0.410 e. The molecule has 2 aromatic heterocycles. The van der Waals surface area contributed by atoms with Crippen molar-refractivity contribution in [3.05, 3.63) is 53.9 Å². The van der Waals surface area contributed by atoms with Crippen molar-refractivity contribution in [2.45, 2.75) is 24.7 Å². The van der Waals surface area contributed by atoms with Gasteiger partial charge in [0.1, 0.15) is 11.5 Å². The van der Waals surface area contributed by atoms with Crippen LogP contribution in [0.1, 0.15) is 34.6 Å². The molecule has 1 amide bonds. The molecular weight excluding hydrogens is 489 g/mol. The summed E-state index contributed by atoms with van der Waals surface area (Å²) in [7, 11) is 2.98. The van der Waals surface area contributed by atoms with Crippen molar-refractivity contribution >= 4 is 11.7 Å². The Bertz CT molecular complexity index is 1290. The van der Waals surface area contributed by atoms with Crippen LogP contribution in [-0.2, 0) is 0 Å². The van der Waals surface area contributed by atoms with Gasteiger partial charge in [0.2, 0.25) is 0 Å². The van der Waals surface area contributed by atoms with E-state index in [-0.39, 0.29) is 23.8 Å². The van der Waals surface area contributed by atoms with Crippen LogP contribution in [-0.4, -0.2) is 72.1 Å². The molecule has 2 atom stereocenters. The number of hydrogen-bond donors (Lipinski definition) is 2. The van der Waals surface area contributed by atoms with E-state index < -0.39 is 18.3 Å². The number of amides is 1. The smallest absolute Gasteiger partial charge is 0.410 e. The Balaban J connectivity index is 1.47. The molecule has 4 heterocycles. The van der Waals surface area contributed by atoms with E-state index in [1.54, 1.807) is 41.3 Å². The Morgan fingerprint density at radius 1 is 1.05 bits per heavy atom. The molecule has 1 aromatic carbocycles. The van der Waals surface area contributed by atoms with Crippen molar-refractivity contribution in [2.24, 2.45) is 0 Å². The van der Waals surface area contributed by atoms with Gasteiger partial charge in [-0.3, -0.25) is 9.78 Å². The molecule has 0 radical (unpaired) electrons. The topological polar surface area (TPSA) is 93.5 Å². The van der Waals surface area contributed by atoms with Crippen molar-refractivity contribution in [3.8, 4) is 22.8 Å². The predicted octanol–water partition coefficient (Wildman–Crippen LogP) is 3.67. The number of nitrogens with one attached hydrogen (secondary N) is 2. The number of fused-ring (bicyclic) bond motifs is 1. The summed E-state index contributed by atoms with van der Waals surface area (Å²) < 4.78 is 54.1. The summed E-state index contributed by atoms with van der Waals surface area (Å²) in [6.45, 7) is 2.53. The molecule has 2 N–H and O–H groups in total. The summed E-state index contributed by atoms with van der Waals surface area (Å²) in [6, 6.07) is 7.38. The minimum absolute atomic E-state index is 0.216. The maximum absolute atomic E-state index is 14.2. The van der Waals surface area contributed by atoms with Crippen LogP contribution in [0.25, 0.3) is 11.3 Å². The molecule has 5 rings (SSSR count). The van der Waals surface area contributed by atoms with E-state index in [9.17, 15) is 18.0 Å². The van der Waals surface area contributed by atoms with Crippen LogP contribution in [0.2, 0.25) is 0 Å². The highest BCUT2D eigenvalue weighted by Gasteiger charge is 2.46. The number of nitrogens with zero attached hydrogens (tertiary/aromatic N) is 4. The van der Waals surface area contributed by atoms with Crippen molar-refractivity contribution in [3.63, 3.8) is 0 Å². The second-order valence-electron chi connectivity index (χ2n) is 8.94. The summed E-state index contributed by atoms with van der Waals surface area (Å²) in [4.78, 5) is 18.8. The SMILES string of the molecule is COc1ccc(C2CC(C(F)(F)F)n3nc(-c4ccnc(C(=O)N5CCNCC5)c4)cc3N2)cc1OC. The minimum Gasteiger partial charge on any atom is -0.493 e. The third-order valence-corrected chi connectivity index (χ3v) is 6.68. The molecule has 1 saturated heterocycles. The molecule has 196 valence electrons. The number of methoxy groups -OCH3 is 2. The zero-order valence-electron chi connectivity index (χ0n) is 20.4. The lowest BCUT2D eigenvalue weighted by molar-refractivity contribution is -0.173. The van der Waals surface area contributed by atoms with Gasteiger partial charge in [-0.2, -0.15) is 18.3 Å². The highest BCUT2D eigenvalue weighted by atomic mass is 19.4. The number of benzene rings is 1. The third-order valence-electron chi connectivity index (χ3n) is 6.68. The number of rotatable bonds is 5. The Hall–Kier alpha value is -3.80. The summed E-state index contributed by atoms with van der Waals surface area (Å²) in [5.41, 5.74) is 1.70. The van der Waals surface area contributed by atoms with Gasteiger partial charge in [-0.05, 0) is 29.8 Å². The summed E-state index contributed by atoms with van der Waals surface area (Å²) in [5, 5.41) is 10.7. The number of alkyl halides is 3. The molecule has 0 saturated carbocycles. The van der Waals surface area contributed by atoms with Gasteiger partial charge in [0, 0.05) is 50.4 Å². The zero-order valence-corrected chi connectivity index (χ0v) is 20.4. The number of pyridine rings is 1. The summed E-state index contributed by atoms with van der Waals surface area (Å²) in [6.07, 6.45) is -3.29. The maximum atomic E-state index is 14.2. The van der Waals surface area contributed by atoms with Crippen LogP contribution in [0, 0.1) is 0 Å². The van der Waals surface area contributed by atoms with E-state index >= 15 is 0 Å². The highest BCUT2D eigenvalue weighted by molar-refractivity contribution is 5.93. The molecule has 2 aliphatic heterocycles. The first-order valence-electron chi connectivity index (χ1n) is 11.9. The fraction of sp³-hybridized carbons (Fsp3) is 0.400. The summed E-state index contributed by atoms with van der Waals surface area (Å²) in [5.74, 6) is 0.941. The molecule has 2 aliphatic rings. The van der Waals surface area contributed by atoms with E-state index in [4.69, 9.17) is 9.47 Å². The van der Waals surface area contributed by atoms with E-state index in [2.05, 4.69) is 20.7 Å². The highest BCUT2D eigenvalue weighted by Crippen LogP contribution is 2.45. The molecule has 9 nitrogen and oxygen atoms in total. The number of halogens is 3. The number of ether oxygens (including phenoxy) is 2. The normalized spacial score (nSPS) is 19.6. The van der Waals surface area contributed by atoms with Crippen LogP contribution < -0.4 is 20.1 Å². The third kappa shape index (κ3) is 4.93. The van der Waals surface area contributed by atoms with Crippen LogP contribution in [0.4, 0.5) is 19.0 Å². The van der Waals surface area contributed by atoms with Crippen LogP contribution in [0.5, 0.6) is 11.5 Å². The number of piperazine rings is 1. The Kier molecular flexibility index (Phi) is 6.67. The molecule has 0 bridgehead atoms. The molecule has 0 spiro atoms. The number of aromatic nitrogens is 3. The molecule has 3 aromatic rings. The monoisotopic (exact) mass is 516 g/mol. The fourth-order valence-electron chi connectivity index (χ4n) is 4.74. The van der Waals surface area contributed by atoms with E-state index in [1.807, 2.05) is 0 Å².